The lowest BCUT2D eigenvalue weighted by Crippen LogP contribution is -2.19. The Morgan fingerprint density at radius 3 is 2.62 bits per heavy atom. The number of para-hydroxylation sites is 1. The van der Waals surface area contributed by atoms with Crippen LogP contribution in [0.1, 0.15) is 29.2 Å². The van der Waals surface area contributed by atoms with Gasteiger partial charge in [0.1, 0.15) is 6.33 Å². The number of aromatic nitrogens is 3. The van der Waals surface area contributed by atoms with Gasteiger partial charge in [-0.1, -0.05) is 35.5 Å². The molecule has 2 aromatic carbocycles. The van der Waals surface area contributed by atoms with E-state index in [1.54, 1.807) is 54.9 Å². The maximum atomic E-state index is 12.7. The molecular formula is C20H18ClN5O2S. The molecule has 3 aromatic rings. The van der Waals surface area contributed by atoms with Crippen molar-refractivity contribution in [3.05, 3.63) is 65.4 Å². The summed E-state index contributed by atoms with van der Waals surface area (Å²) in [5, 5.41) is 14.9. The molecule has 0 unspecified atom stereocenters. The molecule has 1 fully saturated rings. The Bertz CT molecular complexity index is 1030. The van der Waals surface area contributed by atoms with Crippen LogP contribution in [-0.4, -0.2) is 32.3 Å². The van der Waals surface area contributed by atoms with Crippen molar-refractivity contribution in [1.82, 2.24) is 14.8 Å². The highest BCUT2D eigenvalue weighted by atomic mass is 35.5. The fourth-order valence-corrected chi connectivity index (χ4v) is 3.69. The van der Waals surface area contributed by atoms with Crippen LogP contribution in [0.2, 0.25) is 5.02 Å². The number of hydrogen-bond acceptors (Lipinski definition) is 5. The van der Waals surface area contributed by atoms with Gasteiger partial charge in [-0.25, -0.2) is 0 Å². The van der Waals surface area contributed by atoms with Crippen LogP contribution in [0.4, 0.5) is 11.4 Å². The van der Waals surface area contributed by atoms with E-state index in [0.29, 0.717) is 28.0 Å². The van der Waals surface area contributed by atoms with Gasteiger partial charge in [-0.3, -0.25) is 9.59 Å². The molecule has 0 aliphatic heterocycles. The first-order valence-corrected chi connectivity index (χ1v) is 10.4. The number of halogens is 1. The minimum atomic E-state index is -0.315. The predicted octanol–water partition coefficient (Wildman–Crippen LogP) is 4.25. The molecule has 1 aliphatic carbocycles. The molecule has 0 radical (unpaired) electrons. The van der Waals surface area contributed by atoms with Gasteiger partial charge >= 0.3 is 0 Å². The molecule has 9 heteroatoms. The number of hydrogen-bond donors (Lipinski definition) is 2. The number of amides is 2. The predicted molar refractivity (Wildman–Crippen MR) is 113 cm³/mol. The summed E-state index contributed by atoms with van der Waals surface area (Å²) in [5.74, 6) is -0.352. The molecule has 4 rings (SSSR count). The van der Waals surface area contributed by atoms with Gasteiger partial charge in [0, 0.05) is 16.8 Å². The second kappa shape index (κ2) is 8.67. The Balaban J connectivity index is 1.39. The monoisotopic (exact) mass is 427 g/mol. The highest BCUT2D eigenvalue weighted by Crippen LogP contribution is 2.37. The van der Waals surface area contributed by atoms with Crippen molar-refractivity contribution < 1.29 is 9.59 Å². The number of thioether (sulfide) groups is 1. The van der Waals surface area contributed by atoms with Crippen molar-refractivity contribution in [3.63, 3.8) is 0 Å². The Morgan fingerprint density at radius 1 is 1.10 bits per heavy atom. The van der Waals surface area contributed by atoms with Crippen LogP contribution in [0.5, 0.6) is 0 Å². The van der Waals surface area contributed by atoms with Gasteiger partial charge in [0.15, 0.2) is 5.16 Å². The summed E-state index contributed by atoms with van der Waals surface area (Å²) in [7, 11) is 0. The molecule has 148 valence electrons. The summed E-state index contributed by atoms with van der Waals surface area (Å²) in [4.78, 5) is 25.1. The van der Waals surface area contributed by atoms with E-state index < -0.39 is 0 Å². The number of carbonyl (C=O) groups is 2. The second-order valence-electron chi connectivity index (χ2n) is 6.60. The third-order valence-corrected chi connectivity index (χ3v) is 5.57. The molecule has 2 amide bonds. The molecule has 1 aliphatic rings. The third-order valence-electron chi connectivity index (χ3n) is 4.36. The molecule has 2 N–H and O–H groups in total. The zero-order valence-corrected chi connectivity index (χ0v) is 16.9. The van der Waals surface area contributed by atoms with Gasteiger partial charge in [-0.05, 0) is 49.2 Å². The first kappa shape index (κ1) is 19.5. The summed E-state index contributed by atoms with van der Waals surface area (Å²) >= 11 is 7.20. The van der Waals surface area contributed by atoms with Gasteiger partial charge in [0.05, 0.1) is 17.0 Å². The van der Waals surface area contributed by atoms with E-state index in [9.17, 15) is 9.59 Å². The van der Waals surface area contributed by atoms with Crippen molar-refractivity contribution in [2.45, 2.75) is 24.0 Å². The Morgan fingerprint density at radius 2 is 1.86 bits per heavy atom. The molecule has 29 heavy (non-hydrogen) atoms. The first-order valence-electron chi connectivity index (χ1n) is 9.08. The van der Waals surface area contributed by atoms with Crippen molar-refractivity contribution >= 4 is 46.6 Å². The lowest BCUT2D eigenvalue weighted by molar-refractivity contribution is -0.113. The largest absolute Gasteiger partial charge is 0.325 e. The van der Waals surface area contributed by atoms with Crippen LogP contribution >= 0.6 is 23.4 Å². The minimum Gasteiger partial charge on any atom is -0.325 e. The highest BCUT2D eigenvalue weighted by Gasteiger charge is 2.26. The summed E-state index contributed by atoms with van der Waals surface area (Å²) < 4.78 is 2.01. The van der Waals surface area contributed by atoms with E-state index in [1.807, 2.05) is 4.57 Å². The van der Waals surface area contributed by atoms with E-state index >= 15 is 0 Å². The Kier molecular flexibility index (Phi) is 5.82. The second-order valence-corrected chi connectivity index (χ2v) is 7.97. The van der Waals surface area contributed by atoms with Crippen LogP contribution in [-0.2, 0) is 4.79 Å². The minimum absolute atomic E-state index is 0.179. The fourth-order valence-electron chi connectivity index (χ4n) is 2.78. The number of nitrogens with zero attached hydrogens (tertiary/aromatic N) is 3. The highest BCUT2D eigenvalue weighted by molar-refractivity contribution is 7.99. The smallest absolute Gasteiger partial charge is 0.257 e. The number of benzene rings is 2. The van der Waals surface area contributed by atoms with Gasteiger partial charge in [0.2, 0.25) is 5.91 Å². The molecule has 0 saturated heterocycles. The normalized spacial score (nSPS) is 13.1. The van der Waals surface area contributed by atoms with Gasteiger partial charge in [0.25, 0.3) is 5.91 Å². The lowest BCUT2D eigenvalue weighted by Gasteiger charge is -2.11. The van der Waals surface area contributed by atoms with Crippen LogP contribution in [0.15, 0.2) is 60.0 Å². The summed E-state index contributed by atoms with van der Waals surface area (Å²) in [6.07, 6.45) is 3.94. The third kappa shape index (κ3) is 4.96. The van der Waals surface area contributed by atoms with Crippen LogP contribution < -0.4 is 10.6 Å². The van der Waals surface area contributed by atoms with E-state index in [1.165, 1.54) is 11.8 Å². The number of carbonyl (C=O) groups excluding carboxylic acids is 2. The molecule has 0 spiro atoms. The zero-order chi connectivity index (χ0) is 20.2. The fraction of sp³-hybridized carbons (Fsp3) is 0.200. The Labute approximate surface area is 176 Å². The van der Waals surface area contributed by atoms with Crippen LogP contribution in [0.25, 0.3) is 0 Å². The standard InChI is InChI=1S/C20H18ClN5O2S/c21-13-5-7-14(8-6-13)23-19(28)16-3-1-2-4-17(16)24-18(27)11-29-20-25-22-12-26(20)15-9-10-15/h1-8,12,15H,9-11H2,(H,23,28)(H,24,27). The first-order chi connectivity index (χ1) is 14.1. The maximum Gasteiger partial charge on any atom is 0.257 e. The topological polar surface area (TPSA) is 88.9 Å². The lowest BCUT2D eigenvalue weighted by atomic mass is 10.1. The summed E-state index contributed by atoms with van der Waals surface area (Å²) in [6.45, 7) is 0. The zero-order valence-electron chi connectivity index (χ0n) is 15.3. The molecule has 1 saturated carbocycles. The number of anilines is 2. The summed E-state index contributed by atoms with van der Waals surface area (Å²) in [5.41, 5.74) is 1.45. The van der Waals surface area contributed by atoms with Gasteiger partial charge in [-0.15, -0.1) is 10.2 Å². The molecule has 1 heterocycles. The molecule has 1 aromatic heterocycles. The maximum absolute atomic E-state index is 12.7. The molecular weight excluding hydrogens is 410 g/mol. The van der Waals surface area contributed by atoms with Crippen molar-refractivity contribution in [3.8, 4) is 0 Å². The van der Waals surface area contributed by atoms with E-state index in [4.69, 9.17) is 11.6 Å². The molecule has 0 bridgehead atoms. The number of rotatable bonds is 7. The van der Waals surface area contributed by atoms with Gasteiger partial charge in [-0.2, -0.15) is 0 Å². The molecule has 7 nitrogen and oxygen atoms in total. The Hall–Kier alpha value is -2.84. The SMILES string of the molecule is O=C(CSc1nncn1C1CC1)Nc1ccccc1C(=O)Nc1ccc(Cl)cc1. The van der Waals surface area contributed by atoms with Crippen molar-refractivity contribution in [1.29, 1.82) is 0 Å². The average Bonchev–Trinajstić information content (AvgIpc) is 3.46. The van der Waals surface area contributed by atoms with Gasteiger partial charge < -0.3 is 15.2 Å². The van der Waals surface area contributed by atoms with Crippen LogP contribution in [0, 0.1) is 0 Å². The van der Waals surface area contributed by atoms with E-state index in [0.717, 1.165) is 18.0 Å². The van der Waals surface area contributed by atoms with E-state index in [-0.39, 0.29) is 17.6 Å². The van der Waals surface area contributed by atoms with Crippen molar-refractivity contribution in [2.24, 2.45) is 0 Å². The quantitative estimate of drug-likeness (QED) is 0.550. The van der Waals surface area contributed by atoms with Crippen LogP contribution in [0.3, 0.4) is 0 Å². The van der Waals surface area contributed by atoms with Crippen molar-refractivity contribution in [2.75, 3.05) is 16.4 Å². The average molecular weight is 428 g/mol. The number of nitrogens with one attached hydrogen (secondary N) is 2. The molecule has 0 atom stereocenters. The van der Waals surface area contributed by atoms with E-state index in [2.05, 4.69) is 20.8 Å². The summed E-state index contributed by atoms with van der Waals surface area (Å²) in [6, 6.07) is 14.2.